The van der Waals surface area contributed by atoms with Crippen molar-refractivity contribution in [2.45, 2.75) is 51.6 Å². The molecule has 0 unspecified atom stereocenters. The topological polar surface area (TPSA) is 116 Å². The molecule has 0 radical (unpaired) electrons. The van der Waals surface area contributed by atoms with E-state index >= 15 is 0 Å². The molecule has 0 aromatic carbocycles. The van der Waals surface area contributed by atoms with Crippen LogP contribution in [0.3, 0.4) is 0 Å². The van der Waals surface area contributed by atoms with Crippen molar-refractivity contribution >= 4 is 0 Å². The van der Waals surface area contributed by atoms with Gasteiger partial charge in [-0.2, -0.15) is 0 Å². The van der Waals surface area contributed by atoms with Gasteiger partial charge in [-0.3, -0.25) is 20.2 Å². The van der Waals surface area contributed by atoms with Crippen molar-refractivity contribution in [2.75, 3.05) is 26.2 Å². The SMILES string of the molecule is CC(C)(CCN(CCN)CCC(C)(C)[N+](=O)[O-])[N+](=O)[O-]. The molecule has 0 atom stereocenters. The van der Waals surface area contributed by atoms with Crippen molar-refractivity contribution in [3.05, 3.63) is 20.2 Å². The second kappa shape index (κ2) is 7.49. The van der Waals surface area contributed by atoms with Gasteiger partial charge in [0.25, 0.3) is 0 Å². The van der Waals surface area contributed by atoms with E-state index in [4.69, 9.17) is 5.73 Å². The molecule has 0 aliphatic rings. The fourth-order valence-electron chi connectivity index (χ4n) is 1.56. The van der Waals surface area contributed by atoms with Gasteiger partial charge in [-0.25, -0.2) is 0 Å². The predicted molar refractivity (Wildman–Crippen MR) is 76.9 cm³/mol. The van der Waals surface area contributed by atoms with Crippen LogP contribution in [-0.4, -0.2) is 52.0 Å². The molecule has 8 nitrogen and oxygen atoms in total. The van der Waals surface area contributed by atoms with Gasteiger partial charge in [-0.1, -0.05) is 0 Å². The fourth-order valence-corrected chi connectivity index (χ4v) is 1.56. The number of rotatable bonds is 10. The normalized spacial score (nSPS) is 12.7. The average molecular weight is 290 g/mol. The molecule has 20 heavy (non-hydrogen) atoms. The van der Waals surface area contributed by atoms with Gasteiger partial charge < -0.3 is 10.6 Å². The van der Waals surface area contributed by atoms with Crippen molar-refractivity contribution in [3.63, 3.8) is 0 Å². The molecule has 0 aromatic rings. The third-order valence-corrected chi connectivity index (χ3v) is 3.51. The van der Waals surface area contributed by atoms with E-state index in [1.165, 1.54) is 0 Å². The van der Waals surface area contributed by atoms with Gasteiger partial charge in [0.2, 0.25) is 11.1 Å². The van der Waals surface area contributed by atoms with Gasteiger partial charge in [0.05, 0.1) is 0 Å². The maximum atomic E-state index is 10.9. The molecule has 0 saturated heterocycles. The molecule has 0 aromatic heterocycles. The zero-order valence-corrected chi connectivity index (χ0v) is 12.8. The number of hydrogen-bond donors (Lipinski definition) is 1. The summed E-state index contributed by atoms with van der Waals surface area (Å²) in [6.45, 7) is 8.35. The van der Waals surface area contributed by atoms with E-state index in [1.54, 1.807) is 27.7 Å². The summed E-state index contributed by atoms with van der Waals surface area (Å²) in [6.07, 6.45) is 0.776. The largest absolute Gasteiger partial charge is 0.329 e. The molecule has 0 saturated carbocycles. The second-order valence-corrected chi connectivity index (χ2v) is 6.27. The first-order valence-electron chi connectivity index (χ1n) is 6.74. The van der Waals surface area contributed by atoms with Crippen LogP contribution >= 0.6 is 0 Å². The van der Waals surface area contributed by atoms with Crippen molar-refractivity contribution in [2.24, 2.45) is 5.73 Å². The molecule has 0 spiro atoms. The molecule has 0 aliphatic carbocycles. The van der Waals surface area contributed by atoms with Gasteiger partial charge in [-0.15, -0.1) is 0 Å². The number of nitrogens with zero attached hydrogens (tertiary/aromatic N) is 3. The summed E-state index contributed by atoms with van der Waals surface area (Å²) in [6, 6.07) is 0. The molecule has 2 N–H and O–H groups in total. The van der Waals surface area contributed by atoms with Crippen molar-refractivity contribution < 1.29 is 9.85 Å². The molecule has 0 aliphatic heterocycles. The third-order valence-electron chi connectivity index (χ3n) is 3.51. The van der Waals surface area contributed by atoms with Crippen LogP contribution in [0.4, 0.5) is 0 Å². The van der Waals surface area contributed by atoms with Crippen molar-refractivity contribution in [1.82, 2.24) is 4.90 Å². The summed E-state index contributed by atoms with van der Waals surface area (Å²) in [7, 11) is 0. The Morgan fingerprint density at radius 3 is 1.50 bits per heavy atom. The molecular weight excluding hydrogens is 264 g/mol. The summed E-state index contributed by atoms with van der Waals surface area (Å²) in [5.74, 6) is 0. The summed E-state index contributed by atoms with van der Waals surface area (Å²) < 4.78 is 0. The number of nitrogens with two attached hydrogens (primary N) is 1. The first kappa shape index (κ1) is 18.7. The molecule has 0 bridgehead atoms. The van der Waals surface area contributed by atoms with Gasteiger partial charge in [0, 0.05) is 76.6 Å². The van der Waals surface area contributed by atoms with Gasteiger partial charge in [-0.05, 0) is 0 Å². The standard InChI is InChI=1S/C12H26N4O4/c1-11(2,15(17)18)5-8-14(10-7-13)9-6-12(3,4)16(19)20/h5-10,13H2,1-4H3. The van der Waals surface area contributed by atoms with E-state index in [1.807, 2.05) is 4.90 Å². The molecule has 0 heterocycles. The first-order chi connectivity index (χ1) is 9.03. The maximum absolute atomic E-state index is 10.9. The molecular formula is C12H26N4O4. The van der Waals surface area contributed by atoms with Crippen molar-refractivity contribution in [3.8, 4) is 0 Å². The second-order valence-electron chi connectivity index (χ2n) is 6.27. The van der Waals surface area contributed by atoms with Crippen LogP contribution < -0.4 is 5.73 Å². The van der Waals surface area contributed by atoms with E-state index in [2.05, 4.69) is 0 Å². The van der Waals surface area contributed by atoms with E-state index in [0.29, 0.717) is 39.0 Å². The highest BCUT2D eigenvalue weighted by Crippen LogP contribution is 2.16. The number of nitro groups is 2. The lowest BCUT2D eigenvalue weighted by molar-refractivity contribution is -0.562. The Hall–Kier alpha value is -1.28. The van der Waals surface area contributed by atoms with Crippen LogP contribution in [0.2, 0.25) is 0 Å². The Kier molecular flexibility index (Phi) is 7.01. The highest BCUT2D eigenvalue weighted by Gasteiger charge is 2.33. The Morgan fingerprint density at radius 1 is 0.900 bits per heavy atom. The Labute approximate surface area is 119 Å². The smallest absolute Gasteiger partial charge is 0.218 e. The minimum atomic E-state index is -0.995. The van der Waals surface area contributed by atoms with Crippen LogP contribution in [0.25, 0.3) is 0 Å². The van der Waals surface area contributed by atoms with E-state index in [9.17, 15) is 20.2 Å². The Bertz CT molecular complexity index is 314. The highest BCUT2D eigenvalue weighted by molar-refractivity contribution is 4.74. The Balaban J connectivity index is 4.45. The summed E-state index contributed by atoms with van der Waals surface area (Å²) in [5.41, 5.74) is 3.53. The summed E-state index contributed by atoms with van der Waals surface area (Å²) >= 11 is 0. The molecule has 0 rings (SSSR count). The van der Waals surface area contributed by atoms with Crippen LogP contribution in [-0.2, 0) is 0 Å². The van der Waals surface area contributed by atoms with Gasteiger partial charge in [0.15, 0.2) is 0 Å². The minimum Gasteiger partial charge on any atom is -0.329 e. The van der Waals surface area contributed by atoms with Crippen LogP contribution in [0.1, 0.15) is 40.5 Å². The van der Waals surface area contributed by atoms with E-state index in [0.717, 1.165) is 0 Å². The highest BCUT2D eigenvalue weighted by atomic mass is 16.6. The van der Waals surface area contributed by atoms with Crippen molar-refractivity contribution in [1.29, 1.82) is 0 Å². The first-order valence-corrected chi connectivity index (χ1v) is 6.74. The minimum absolute atomic E-state index is 0.297. The monoisotopic (exact) mass is 290 g/mol. The lowest BCUT2D eigenvalue weighted by Crippen LogP contribution is -2.41. The number of hydrogen-bond acceptors (Lipinski definition) is 6. The molecule has 118 valence electrons. The lowest BCUT2D eigenvalue weighted by atomic mass is 9.99. The lowest BCUT2D eigenvalue weighted by Gasteiger charge is -2.26. The quantitative estimate of drug-likeness (QED) is 0.476. The van der Waals surface area contributed by atoms with Crippen LogP contribution in [0.15, 0.2) is 0 Å². The van der Waals surface area contributed by atoms with Gasteiger partial charge >= 0.3 is 0 Å². The van der Waals surface area contributed by atoms with Gasteiger partial charge in [0.1, 0.15) is 0 Å². The molecule has 0 amide bonds. The zero-order chi connectivity index (χ0) is 16.0. The Morgan fingerprint density at radius 2 is 1.25 bits per heavy atom. The average Bonchev–Trinajstić information content (AvgIpc) is 2.32. The summed E-state index contributed by atoms with van der Waals surface area (Å²) in [5, 5.41) is 21.7. The predicted octanol–water partition coefficient (Wildman–Crippen LogP) is 1.14. The van der Waals surface area contributed by atoms with E-state index < -0.39 is 11.1 Å². The van der Waals surface area contributed by atoms with Crippen LogP contribution in [0, 0.1) is 20.2 Å². The van der Waals surface area contributed by atoms with Crippen LogP contribution in [0.5, 0.6) is 0 Å². The fraction of sp³-hybridized carbons (Fsp3) is 1.00. The molecule has 0 fully saturated rings. The zero-order valence-electron chi connectivity index (χ0n) is 12.8. The van der Waals surface area contributed by atoms with E-state index in [-0.39, 0.29) is 9.85 Å². The molecule has 8 heteroatoms. The third kappa shape index (κ3) is 6.25. The summed E-state index contributed by atoms with van der Waals surface area (Å²) in [4.78, 5) is 23.1. The maximum Gasteiger partial charge on any atom is 0.218 e.